The summed E-state index contributed by atoms with van der Waals surface area (Å²) in [4.78, 5) is 0.163. The van der Waals surface area contributed by atoms with Crippen molar-refractivity contribution in [3.8, 4) is 0 Å². The average molecular weight is 258 g/mol. The highest BCUT2D eigenvalue weighted by molar-refractivity contribution is 7.89. The summed E-state index contributed by atoms with van der Waals surface area (Å²) in [6.07, 6.45) is 7.47. The number of aromatic amines is 1. The smallest absolute Gasteiger partial charge is 0.244 e. The Bertz CT molecular complexity index is 449. The first-order valence-corrected chi connectivity index (χ1v) is 7.29. The third-order valence-electron chi connectivity index (χ3n) is 3.34. The lowest BCUT2D eigenvalue weighted by Crippen LogP contribution is -2.54. The summed E-state index contributed by atoms with van der Waals surface area (Å²) in [7, 11) is -3.51. The molecule has 17 heavy (non-hydrogen) atoms. The van der Waals surface area contributed by atoms with Crippen LogP contribution in [0.2, 0.25) is 0 Å². The molecule has 0 bridgehead atoms. The Labute approximate surface area is 101 Å². The highest BCUT2D eigenvalue weighted by Gasteiger charge is 2.35. The van der Waals surface area contributed by atoms with Crippen molar-refractivity contribution in [2.45, 2.75) is 42.5 Å². The molecule has 0 atom stereocenters. The van der Waals surface area contributed by atoms with E-state index in [9.17, 15) is 8.42 Å². The standard InChI is InChI=1S/C10H18N4O2S/c11-8-10(4-2-1-3-5-10)14-17(15,16)9-6-12-13-7-9/h6-7,14H,1-5,8,11H2,(H,12,13). The van der Waals surface area contributed by atoms with Gasteiger partial charge in [0.25, 0.3) is 0 Å². The van der Waals surface area contributed by atoms with Crippen LogP contribution in [-0.4, -0.2) is 30.7 Å². The Morgan fingerprint density at radius 3 is 2.65 bits per heavy atom. The maximum atomic E-state index is 12.1. The minimum Gasteiger partial charge on any atom is -0.329 e. The molecule has 1 aromatic rings. The first-order chi connectivity index (χ1) is 8.08. The molecular weight excluding hydrogens is 240 g/mol. The molecule has 0 amide bonds. The number of nitrogens with two attached hydrogens (primary N) is 1. The van der Waals surface area contributed by atoms with E-state index in [2.05, 4.69) is 14.9 Å². The van der Waals surface area contributed by atoms with Crippen LogP contribution in [0.1, 0.15) is 32.1 Å². The van der Waals surface area contributed by atoms with Gasteiger partial charge in [0.1, 0.15) is 4.90 Å². The number of nitrogens with one attached hydrogen (secondary N) is 2. The first kappa shape index (κ1) is 12.5. The van der Waals surface area contributed by atoms with E-state index in [1.54, 1.807) is 0 Å². The molecule has 0 radical (unpaired) electrons. The molecule has 0 saturated heterocycles. The average Bonchev–Trinajstić information content (AvgIpc) is 2.84. The van der Waals surface area contributed by atoms with Gasteiger partial charge in [-0.2, -0.15) is 5.10 Å². The predicted molar refractivity (Wildman–Crippen MR) is 63.8 cm³/mol. The van der Waals surface area contributed by atoms with Crippen molar-refractivity contribution < 1.29 is 8.42 Å². The molecule has 0 unspecified atom stereocenters. The van der Waals surface area contributed by atoms with Crippen molar-refractivity contribution in [2.75, 3.05) is 6.54 Å². The monoisotopic (exact) mass is 258 g/mol. The highest BCUT2D eigenvalue weighted by Crippen LogP contribution is 2.28. The molecule has 0 spiro atoms. The van der Waals surface area contributed by atoms with Gasteiger partial charge >= 0.3 is 0 Å². The molecule has 1 aliphatic carbocycles. The fraction of sp³-hybridized carbons (Fsp3) is 0.700. The van der Waals surface area contributed by atoms with Crippen LogP contribution in [0, 0.1) is 0 Å². The van der Waals surface area contributed by atoms with Gasteiger partial charge in [0.2, 0.25) is 10.0 Å². The largest absolute Gasteiger partial charge is 0.329 e. The zero-order valence-corrected chi connectivity index (χ0v) is 10.5. The zero-order valence-electron chi connectivity index (χ0n) is 9.65. The molecule has 96 valence electrons. The fourth-order valence-electron chi connectivity index (χ4n) is 2.31. The molecule has 1 fully saturated rings. The number of aromatic nitrogens is 2. The van der Waals surface area contributed by atoms with E-state index in [0.29, 0.717) is 6.54 Å². The van der Waals surface area contributed by atoms with Gasteiger partial charge in [0, 0.05) is 18.3 Å². The Kier molecular flexibility index (Phi) is 3.50. The van der Waals surface area contributed by atoms with Crippen LogP contribution in [0.4, 0.5) is 0 Å². The normalized spacial score (nSPS) is 20.3. The van der Waals surface area contributed by atoms with E-state index < -0.39 is 15.6 Å². The van der Waals surface area contributed by atoms with Gasteiger partial charge in [0.15, 0.2) is 0 Å². The molecule has 4 N–H and O–H groups in total. The zero-order chi connectivity index (χ0) is 12.4. The van der Waals surface area contributed by atoms with Crippen LogP contribution in [0.15, 0.2) is 17.3 Å². The van der Waals surface area contributed by atoms with Gasteiger partial charge in [-0.05, 0) is 12.8 Å². The Hall–Kier alpha value is -0.920. The summed E-state index contributed by atoms with van der Waals surface area (Å²) in [5.41, 5.74) is 5.27. The summed E-state index contributed by atoms with van der Waals surface area (Å²) in [6.45, 7) is 0.337. The molecule has 1 heterocycles. The highest BCUT2D eigenvalue weighted by atomic mass is 32.2. The SMILES string of the molecule is NCC1(NS(=O)(=O)c2cn[nH]c2)CCCCC1. The van der Waals surface area contributed by atoms with Crippen LogP contribution < -0.4 is 10.5 Å². The summed E-state index contributed by atoms with van der Waals surface area (Å²) in [6, 6.07) is 0. The molecule has 1 saturated carbocycles. The number of hydrogen-bond donors (Lipinski definition) is 3. The van der Waals surface area contributed by atoms with E-state index >= 15 is 0 Å². The van der Waals surface area contributed by atoms with E-state index in [1.807, 2.05) is 0 Å². The van der Waals surface area contributed by atoms with Crippen LogP contribution in [0.25, 0.3) is 0 Å². The van der Waals surface area contributed by atoms with Crippen molar-refractivity contribution >= 4 is 10.0 Å². The predicted octanol–water partition coefficient (Wildman–Crippen LogP) is 0.350. The molecule has 7 heteroatoms. The second-order valence-electron chi connectivity index (χ2n) is 4.58. The minimum atomic E-state index is -3.51. The third-order valence-corrected chi connectivity index (χ3v) is 4.88. The number of sulfonamides is 1. The van der Waals surface area contributed by atoms with Gasteiger partial charge in [-0.25, -0.2) is 13.1 Å². The Balaban J connectivity index is 2.19. The second-order valence-corrected chi connectivity index (χ2v) is 6.27. The van der Waals surface area contributed by atoms with Crippen molar-refractivity contribution in [1.82, 2.24) is 14.9 Å². The summed E-state index contributed by atoms with van der Waals surface area (Å²) in [5.74, 6) is 0. The molecular formula is C10H18N4O2S. The second kappa shape index (κ2) is 4.75. The number of nitrogens with zero attached hydrogens (tertiary/aromatic N) is 1. The topological polar surface area (TPSA) is 101 Å². The van der Waals surface area contributed by atoms with Crippen LogP contribution in [0.5, 0.6) is 0 Å². The van der Waals surface area contributed by atoms with Gasteiger partial charge in [0.05, 0.1) is 6.20 Å². The van der Waals surface area contributed by atoms with E-state index in [0.717, 1.165) is 32.1 Å². The van der Waals surface area contributed by atoms with Crippen molar-refractivity contribution in [3.63, 3.8) is 0 Å². The van der Waals surface area contributed by atoms with Crippen molar-refractivity contribution in [1.29, 1.82) is 0 Å². The van der Waals surface area contributed by atoms with Gasteiger partial charge < -0.3 is 5.73 Å². The van der Waals surface area contributed by atoms with Crippen LogP contribution >= 0.6 is 0 Å². The van der Waals surface area contributed by atoms with Crippen molar-refractivity contribution in [3.05, 3.63) is 12.4 Å². The lowest BCUT2D eigenvalue weighted by Gasteiger charge is -2.36. The molecule has 1 aliphatic rings. The minimum absolute atomic E-state index is 0.163. The Morgan fingerprint density at radius 1 is 1.41 bits per heavy atom. The molecule has 6 nitrogen and oxygen atoms in total. The molecule has 0 aromatic carbocycles. The van der Waals surface area contributed by atoms with Crippen LogP contribution in [-0.2, 0) is 10.0 Å². The lowest BCUT2D eigenvalue weighted by atomic mass is 9.83. The first-order valence-electron chi connectivity index (χ1n) is 5.81. The maximum absolute atomic E-state index is 12.1. The lowest BCUT2D eigenvalue weighted by molar-refractivity contribution is 0.276. The van der Waals surface area contributed by atoms with Crippen molar-refractivity contribution in [2.24, 2.45) is 5.73 Å². The number of H-pyrrole nitrogens is 1. The summed E-state index contributed by atoms with van der Waals surface area (Å²) >= 11 is 0. The quantitative estimate of drug-likeness (QED) is 0.725. The number of rotatable bonds is 4. The van der Waals surface area contributed by atoms with Gasteiger partial charge in [-0.15, -0.1) is 0 Å². The molecule has 1 aromatic heterocycles. The fourth-order valence-corrected chi connectivity index (χ4v) is 3.68. The maximum Gasteiger partial charge on any atom is 0.244 e. The third kappa shape index (κ3) is 2.67. The van der Waals surface area contributed by atoms with Gasteiger partial charge in [-0.1, -0.05) is 19.3 Å². The number of hydrogen-bond acceptors (Lipinski definition) is 4. The van der Waals surface area contributed by atoms with E-state index in [1.165, 1.54) is 12.4 Å². The Morgan fingerprint density at radius 2 is 2.12 bits per heavy atom. The van der Waals surface area contributed by atoms with Gasteiger partial charge in [-0.3, -0.25) is 5.10 Å². The molecule has 0 aliphatic heterocycles. The molecule has 2 rings (SSSR count). The summed E-state index contributed by atoms with van der Waals surface area (Å²) in [5, 5.41) is 6.16. The van der Waals surface area contributed by atoms with E-state index in [4.69, 9.17) is 5.73 Å². The van der Waals surface area contributed by atoms with Crippen LogP contribution in [0.3, 0.4) is 0 Å². The summed E-state index contributed by atoms with van der Waals surface area (Å²) < 4.78 is 26.9. The van der Waals surface area contributed by atoms with E-state index in [-0.39, 0.29) is 4.90 Å².